The number of para-hydroxylation sites is 2. The number of rotatable bonds is 7. The van der Waals surface area contributed by atoms with E-state index in [0.717, 1.165) is 0 Å². The van der Waals surface area contributed by atoms with Gasteiger partial charge < -0.3 is 19.5 Å². The van der Waals surface area contributed by atoms with Gasteiger partial charge in [-0.3, -0.25) is 4.79 Å². The molecule has 33 heavy (non-hydrogen) atoms. The molecule has 0 spiro atoms. The van der Waals surface area contributed by atoms with Gasteiger partial charge in [-0.25, -0.2) is 8.42 Å². The number of carbonyl (C=O) groups excluding carboxylic acids is 1. The molecule has 1 aliphatic rings. The lowest BCUT2D eigenvalue weighted by molar-refractivity contribution is 0.102. The fourth-order valence-electron chi connectivity index (χ4n) is 3.52. The molecule has 0 aromatic heterocycles. The van der Waals surface area contributed by atoms with E-state index in [0.29, 0.717) is 22.9 Å². The standard InChI is InChI=1S/C24H24N2O6S/c1-4-26(5-2)33(28,29)23-14-18-21(32-20-9-7-6-8-19(20)25-24(18)27)15-22(23)31-17-12-10-16(30-3)11-13-17/h6-15H,4-5H2,1-3H3,(H,25,27). The van der Waals surface area contributed by atoms with E-state index in [9.17, 15) is 13.2 Å². The van der Waals surface area contributed by atoms with Crippen LogP contribution in [0.4, 0.5) is 5.69 Å². The number of amides is 1. The first-order valence-corrected chi connectivity index (χ1v) is 11.9. The highest BCUT2D eigenvalue weighted by molar-refractivity contribution is 7.89. The maximum atomic E-state index is 13.5. The smallest absolute Gasteiger partial charge is 0.259 e. The maximum Gasteiger partial charge on any atom is 0.259 e. The Bertz CT molecular complexity index is 1280. The Labute approximate surface area is 192 Å². The van der Waals surface area contributed by atoms with E-state index in [1.807, 2.05) is 0 Å². The summed E-state index contributed by atoms with van der Waals surface area (Å²) in [5.74, 6) is 1.26. The van der Waals surface area contributed by atoms with E-state index in [1.165, 1.54) is 16.4 Å². The minimum absolute atomic E-state index is 0.0537. The van der Waals surface area contributed by atoms with Crippen molar-refractivity contribution in [1.82, 2.24) is 4.31 Å². The van der Waals surface area contributed by atoms with Crippen LogP contribution in [0, 0.1) is 0 Å². The number of nitrogens with one attached hydrogen (secondary N) is 1. The summed E-state index contributed by atoms with van der Waals surface area (Å²) < 4.78 is 45.4. The molecule has 8 nitrogen and oxygen atoms in total. The van der Waals surface area contributed by atoms with Crippen LogP contribution in [0.15, 0.2) is 65.6 Å². The van der Waals surface area contributed by atoms with Crippen molar-refractivity contribution in [3.05, 3.63) is 66.2 Å². The summed E-state index contributed by atoms with van der Waals surface area (Å²) in [6, 6.07) is 16.5. The molecule has 0 atom stereocenters. The van der Waals surface area contributed by atoms with Crippen molar-refractivity contribution in [1.29, 1.82) is 0 Å². The monoisotopic (exact) mass is 468 g/mol. The Kier molecular flexibility index (Phi) is 6.26. The molecule has 0 saturated heterocycles. The third kappa shape index (κ3) is 4.37. The number of nitrogens with zero attached hydrogens (tertiary/aromatic N) is 1. The van der Waals surface area contributed by atoms with Gasteiger partial charge in [-0.2, -0.15) is 4.31 Å². The summed E-state index contributed by atoms with van der Waals surface area (Å²) in [5.41, 5.74) is 0.587. The zero-order valence-corrected chi connectivity index (χ0v) is 19.3. The number of ether oxygens (including phenoxy) is 3. The summed E-state index contributed by atoms with van der Waals surface area (Å²) in [5, 5.41) is 2.77. The van der Waals surface area contributed by atoms with Crippen molar-refractivity contribution in [3.63, 3.8) is 0 Å². The van der Waals surface area contributed by atoms with Crippen molar-refractivity contribution in [2.75, 3.05) is 25.5 Å². The zero-order chi connectivity index (χ0) is 23.6. The first kappa shape index (κ1) is 22.6. The summed E-state index contributed by atoms with van der Waals surface area (Å²) in [6.45, 7) is 4.04. The Hall–Kier alpha value is -3.56. The van der Waals surface area contributed by atoms with Crippen LogP contribution in [0.5, 0.6) is 28.7 Å². The average Bonchev–Trinajstić information content (AvgIpc) is 2.94. The molecular weight excluding hydrogens is 444 g/mol. The van der Waals surface area contributed by atoms with Crippen LogP contribution in [-0.2, 0) is 10.0 Å². The van der Waals surface area contributed by atoms with Crippen molar-refractivity contribution in [2.24, 2.45) is 0 Å². The average molecular weight is 469 g/mol. The number of anilines is 1. The van der Waals surface area contributed by atoms with E-state index in [2.05, 4.69) is 5.32 Å². The van der Waals surface area contributed by atoms with Gasteiger partial charge >= 0.3 is 0 Å². The Morgan fingerprint density at radius 2 is 1.61 bits per heavy atom. The Morgan fingerprint density at radius 3 is 2.27 bits per heavy atom. The van der Waals surface area contributed by atoms with Gasteiger partial charge in [0, 0.05) is 19.2 Å². The molecule has 172 valence electrons. The molecule has 0 aliphatic carbocycles. The molecule has 0 fully saturated rings. The fourth-order valence-corrected chi connectivity index (χ4v) is 5.10. The van der Waals surface area contributed by atoms with Crippen molar-refractivity contribution >= 4 is 21.6 Å². The molecule has 1 amide bonds. The maximum absolute atomic E-state index is 13.5. The van der Waals surface area contributed by atoms with Crippen molar-refractivity contribution in [2.45, 2.75) is 18.7 Å². The summed E-state index contributed by atoms with van der Waals surface area (Å²) in [6.07, 6.45) is 0. The number of carbonyl (C=O) groups is 1. The van der Waals surface area contributed by atoms with Crippen LogP contribution < -0.4 is 19.5 Å². The highest BCUT2D eigenvalue weighted by Gasteiger charge is 2.31. The van der Waals surface area contributed by atoms with Gasteiger partial charge in [0.15, 0.2) is 11.5 Å². The van der Waals surface area contributed by atoms with Crippen LogP contribution in [0.2, 0.25) is 0 Å². The minimum atomic E-state index is -3.95. The van der Waals surface area contributed by atoms with Crippen molar-refractivity contribution < 1.29 is 27.4 Å². The third-order valence-electron chi connectivity index (χ3n) is 5.26. The van der Waals surface area contributed by atoms with Gasteiger partial charge in [-0.15, -0.1) is 0 Å². The SMILES string of the molecule is CCN(CC)S(=O)(=O)c1cc2c(cc1Oc1ccc(OC)cc1)Oc1ccccc1NC2=O. The lowest BCUT2D eigenvalue weighted by Crippen LogP contribution is -2.31. The zero-order valence-electron chi connectivity index (χ0n) is 18.5. The van der Waals surface area contributed by atoms with Crippen LogP contribution in [0.25, 0.3) is 0 Å². The van der Waals surface area contributed by atoms with Gasteiger partial charge in [0.05, 0.1) is 18.4 Å². The lowest BCUT2D eigenvalue weighted by atomic mass is 10.1. The number of sulfonamides is 1. The van der Waals surface area contributed by atoms with E-state index in [4.69, 9.17) is 14.2 Å². The third-order valence-corrected chi connectivity index (χ3v) is 7.33. The molecule has 3 aromatic carbocycles. The van der Waals surface area contributed by atoms with Gasteiger partial charge in [0.2, 0.25) is 10.0 Å². The molecule has 0 radical (unpaired) electrons. The van der Waals surface area contributed by atoms with Crippen LogP contribution >= 0.6 is 0 Å². The first-order chi connectivity index (χ1) is 15.9. The Morgan fingerprint density at radius 1 is 0.939 bits per heavy atom. The normalized spacial score (nSPS) is 12.8. The van der Waals surface area contributed by atoms with Crippen molar-refractivity contribution in [3.8, 4) is 28.7 Å². The van der Waals surface area contributed by atoms with Gasteiger partial charge in [-0.1, -0.05) is 26.0 Å². The molecule has 3 aromatic rings. The number of benzene rings is 3. The van der Waals surface area contributed by atoms with Gasteiger partial charge in [0.1, 0.15) is 22.1 Å². The van der Waals surface area contributed by atoms with E-state index in [-0.39, 0.29) is 35.0 Å². The second kappa shape index (κ2) is 9.13. The quantitative estimate of drug-likeness (QED) is 0.531. The molecule has 9 heteroatoms. The minimum Gasteiger partial charge on any atom is -0.497 e. The van der Waals surface area contributed by atoms with E-state index >= 15 is 0 Å². The largest absolute Gasteiger partial charge is 0.497 e. The molecule has 0 saturated carbocycles. The summed E-state index contributed by atoms with van der Waals surface area (Å²) in [4.78, 5) is 12.8. The number of hydrogen-bond donors (Lipinski definition) is 1. The first-order valence-electron chi connectivity index (χ1n) is 10.5. The predicted octanol–water partition coefficient (Wildman–Crippen LogP) is 4.88. The number of fused-ring (bicyclic) bond motifs is 2. The lowest BCUT2D eigenvalue weighted by Gasteiger charge is -2.21. The molecular formula is C24H24N2O6S. The fraction of sp³-hybridized carbons (Fsp3) is 0.208. The van der Waals surface area contributed by atoms with Crippen LogP contribution in [0.1, 0.15) is 24.2 Å². The second-order valence-electron chi connectivity index (χ2n) is 7.21. The molecule has 0 unspecified atom stereocenters. The van der Waals surface area contributed by atoms with Crippen LogP contribution in [-0.4, -0.2) is 38.8 Å². The topological polar surface area (TPSA) is 94.2 Å². The highest BCUT2D eigenvalue weighted by atomic mass is 32.2. The Balaban J connectivity index is 1.87. The van der Waals surface area contributed by atoms with E-state index < -0.39 is 15.9 Å². The predicted molar refractivity (Wildman–Crippen MR) is 124 cm³/mol. The second-order valence-corrected chi connectivity index (χ2v) is 9.12. The van der Waals surface area contributed by atoms with E-state index in [1.54, 1.807) is 69.5 Å². The van der Waals surface area contributed by atoms with Gasteiger partial charge in [0.25, 0.3) is 5.91 Å². The highest BCUT2D eigenvalue weighted by Crippen LogP contribution is 2.42. The molecule has 1 aliphatic heterocycles. The molecule has 0 bridgehead atoms. The van der Waals surface area contributed by atoms with Gasteiger partial charge in [-0.05, 0) is 42.5 Å². The molecule has 1 N–H and O–H groups in total. The number of hydrogen-bond acceptors (Lipinski definition) is 6. The molecule has 1 heterocycles. The summed E-state index contributed by atoms with van der Waals surface area (Å²) in [7, 11) is -2.40. The number of methoxy groups -OCH3 is 1. The summed E-state index contributed by atoms with van der Waals surface area (Å²) >= 11 is 0. The van der Waals surface area contributed by atoms with Crippen LogP contribution in [0.3, 0.4) is 0 Å². The molecule has 4 rings (SSSR count).